The molecule has 2 N–H and O–H groups in total. The van der Waals surface area contributed by atoms with Crippen molar-refractivity contribution in [2.45, 2.75) is 9.46 Å². The van der Waals surface area contributed by atoms with Gasteiger partial charge in [0.05, 0.1) is 0 Å². The van der Waals surface area contributed by atoms with Gasteiger partial charge in [-0.25, -0.2) is 17.6 Å². The molecule has 0 aliphatic carbocycles. The minimum atomic E-state index is -3.74. The van der Waals surface area contributed by atoms with Gasteiger partial charge in [-0.05, 0) is 41.3 Å². The smallest absolute Gasteiger partial charge is 0.319 e. The van der Waals surface area contributed by atoms with Gasteiger partial charge >= 0.3 is 6.03 Å². The van der Waals surface area contributed by atoms with Crippen LogP contribution in [0.3, 0.4) is 0 Å². The summed E-state index contributed by atoms with van der Waals surface area (Å²) in [5, 5.41) is 5.88. The van der Waals surface area contributed by atoms with Crippen LogP contribution in [0.25, 0.3) is 0 Å². The highest BCUT2D eigenvalue weighted by molar-refractivity contribution is 7.93. The largest absolute Gasteiger partial charge is 0.336 e. The van der Waals surface area contributed by atoms with E-state index in [1.165, 1.54) is 30.3 Å². The van der Waals surface area contributed by atoms with E-state index in [1.807, 2.05) is 6.07 Å². The number of sulfone groups is 1. The van der Waals surface area contributed by atoms with E-state index in [1.54, 1.807) is 35.7 Å². The minimum Gasteiger partial charge on any atom is -0.336 e. The summed E-state index contributed by atoms with van der Waals surface area (Å²) in [7, 11) is -3.74. The third-order valence-electron chi connectivity index (χ3n) is 3.87. The van der Waals surface area contributed by atoms with Gasteiger partial charge in [-0.1, -0.05) is 36.4 Å². The predicted molar refractivity (Wildman–Crippen MR) is 104 cm³/mol. The zero-order chi connectivity index (χ0) is 19.3. The van der Waals surface area contributed by atoms with Gasteiger partial charge in [0.25, 0.3) is 0 Å². The summed E-state index contributed by atoms with van der Waals surface area (Å²) >= 11 is 1.10. The van der Waals surface area contributed by atoms with Crippen molar-refractivity contribution in [1.29, 1.82) is 0 Å². The fraction of sp³-hybridized carbons (Fsp3) is 0.105. The number of rotatable bonds is 6. The number of urea groups is 1. The van der Waals surface area contributed by atoms with Crippen LogP contribution in [-0.4, -0.2) is 21.0 Å². The Labute approximate surface area is 160 Å². The standard InChI is InChI=1S/C19H17FN2O3S2/c20-15-10-8-14(9-11-15)17(27(24,25)18-7-4-12-26-18)13-21-19(23)22-16-5-2-1-3-6-16/h1-12,17H,13H2,(H2,21,22,23)/t17-/m1/s1. The number of benzene rings is 2. The second kappa shape index (κ2) is 8.32. The molecule has 5 nitrogen and oxygen atoms in total. The van der Waals surface area contributed by atoms with E-state index in [9.17, 15) is 17.6 Å². The molecule has 0 aliphatic rings. The Morgan fingerprint density at radius 1 is 1.00 bits per heavy atom. The lowest BCUT2D eigenvalue weighted by molar-refractivity contribution is 0.252. The first-order valence-electron chi connectivity index (χ1n) is 8.09. The number of carbonyl (C=O) groups is 1. The van der Waals surface area contributed by atoms with Gasteiger partial charge < -0.3 is 10.6 Å². The number of nitrogens with one attached hydrogen (secondary N) is 2. The summed E-state index contributed by atoms with van der Waals surface area (Å²) in [6.07, 6.45) is 0. The second-order valence-electron chi connectivity index (χ2n) is 5.72. The summed E-state index contributed by atoms with van der Waals surface area (Å²) in [5.74, 6) is -0.458. The Morgan fingerprint density at radius 2 is 1.70 bits per heavy atom. The average Bonchev–Trinajstić information content (AvgIpc) is 3.20. The van der Waals surface area contributed by atoms with Crippen LogP contribution in [0.2, 0.25) is 0 Å². The zero-order valence-corrected chi connectivity index (χ0v) is 15.8. The Bertz CT molecular complexity index is 989. The van der Waals surface area contributed by atoms with Crippen molar-refractivity contribution >= 4 is 32.9 Å². The molecule has 27 heavy (non-hydrogen) atoms. The highest BCUT2D eigenvalue weighted by atomic mass is 32.2. The summed E-state index contributed by atoms with van der Waals surface area (Å²) < 4.78 is 39.4. The van der Waals surface area contributed by atoms with Gasteiger partial charge in [-0.2, -0.15) is 0 Å². The molecule has 2 aromatic carbocycles. The number of hydrogen-bond donors (Lipinski definition) is 2. The Kier molecular flexibility index (Phi) is 5.88. The number of halogens is 1. The van der Waals surface area contributed by atoms with Crippen LogP contribution in [0.4, 0.5) is 14.9 Å². The molecular formula is C19H17FN2O3S2. The molecule has 0 radical (unpaired) electrons. The van der Waals surface area contributed by atoms with Crippen LogP contribution < -0.4 is 10.6 Å². The van der Waals surface area contributed by atoms with Crippen molar-refractivity contribution in [1.82, 2.24) is 5.32 Å². The fourth-order valence-electron chi connectivity index (χ4n) is 2.53. The quantitative estimate of drug-likeness (QED) is 0.646. The summed E-state index contributed by atoms with van der Waals surface area (Å²) in [6.45, 7) is -0.148. The van der Waals surface area contributed by atoms with Crippen LogP contribution in [0.5, 0.6) is 0 Å². The number of anilines is 1. The van der Waals surface area contributed by atoms with Crippen LogP contribution in [0.1, 0.15) is 10.8 Å². The van der Waals surface area contributed by atoms with Crippen LogP contribution in [0.15, 0.2) is 76.3 Å². The van der Waals surface area contributed by atoms with Gasteiger partial charge in [-0.15, -0.1) is 11.3 Å². The lowest BCUT2D eigenvalue weighted by Crippen LogP contribution is -2.34. The summed E-state index contributed by atoms with van der Waals surface area (Å²) in [6, 6.07) is 16.7. The molecule has 8 heteroatoms. The zero-order valence-electron chi connectivity index (χ0n) is 14.1. The van der Waals surface area contributed by atoms with Crippen molar-refractivity contribution in [3.63, 3.8) is 0 Å². The van der Waals surface area contributed by atoms with Gasteiger partial charge in [-0.3, -0.25) is 0 Å². The predicted octanol–water partition coefficient (Wildman–Crippen LogP) is 4.22. The van der Waals surface area contributed by atoms with Gasteiger partial charge in [0.1, 0.15) is 15.3 Å². The third kappa shape index (κ3) is 4.72. The van der Waals surface area contributed by atoms with Crippen molar-refractivity contribution in [2.24, 2.45) is 0 Å². The maximum atomic E-state index is 13.2. The van der Waals surface area contributed by atoms with Crippen LogP contribution in [-0.2, 0) is 9.84 Å². The first kappa shape index (κ1) is 19.1. The molecule has 0 fully saturated rings. The Balaban J connectivity index is 1.80. The fourth-order valence-corrected chi connectivity index (χ4v) is 5.40. The minimum absolute atomic E-state index is 0.148. The number of para-hydroxylation sites is 1. The highest BCUT2D eigenvalue weighted by Crippen LogP contribution is 2.31. The SMILES string of the molecule is O=C(NC[C@H](c1ccc(F)cc1)S(=O)(=O)c1cccs1)Nc1ccccc1. The molecule has 0 saturated carbocycles. The number of amides is 2. The van der Waals surface area contributed by atoms with E-state index in [0.29, 0.717) is 11.3 Å². The monoisotopic (exact) mass is 404 g/mol. The van der Waals surface area contributed by atoms with Crippen LogP contribution >= 0.6 is 11.3 Å². The van der Waals surface area contributed by atoms with Crippen molar-refractivity contribution in [2.75, 3.05) is 11.9 Å². The molecular weight excluding hydrogens is 387 g/mol. The molecule has 1 heterocycles. The Hall–Kier alpha value is -2.71. The molecule has 0 aliphatic heterocycles. The molecule has 0 spiro atoms. The van der Waals surface area contributed by atoms with Gasteiger partial charge in [0.2, 0.25) is 0 Å². The van der Waals surface area contributed by atoms with Gasteiger partial charge in [0, 0.05) is 12.2 Å². The van der Waals surface area contributed by atoms with Crippen LogP contribution in [0, 0.1) is 5.82 Å². The molecule has 3 rings (SSSR count). The normalized spacial score (nSPS) is 12.3. The summed E-state index contributed by atoms with van der Waals surface area (Å²) in [5.41, 5.74) is 0.999. The third-order valence-corrected chi connectivity index (χ3v) is 7.40. The first-order valence-corrected chi connectivity index (χ1v) is 10.5. The van der Waals surface area contributed by atoms with E-state index < -0.39 is 26.9 Å². The maximum absolute atomic E-state index is 13.2. The van der Waals surface area contributed by atoms with Crippen molar-refractivity contribution in [3.8, 4) is 0 Å². The number of thiophene rings is 1. The molecule has 140 valence electrons. The lowest BCUT2D eigenvalue weighted by Gasteiger charge is -2.18. The second-order valence-corrected chi connectivity index (χ2v) is 9.02. The average molecular weight is 404 g/mol. The molecule has 0 unspecified atom stereocenters. The van der Waals surface area contributed by atoms with E-state index in [0.717, 1.165) is 11.3 Å². The topological polar surface area (TPSA) is 75.3 Å². The number of hydrogen-bond acceptors (Lipinski definition) is 4. The summed E-state index contributed by atoms with van der Waals surface area (Å²) in [4.78, 5) is 12.1. The highest BCUT2D eigenvalue weighted by Gasteiger charge is 2.30. The molecule has 1 aromatic heterocycles. The number of carbonyl (C=O) groups excluding carboxylic acids is 1. The Morgan fingerprint density at radius 3 is 2.33 bits per heavy atom. The molecule has 3 aromatic rings. The molecule has 0 bridgehead atoms. The van der Waals surface area contributed by atoms with Gasteiger partial charge in [0.15, 0.2) is 9.84 Å². The van der Waals surface area contributed by atoms with Crippen molar-refractivity contribution < 1.29 is 17.6 Å². The molecule has 1 atom stereocenters. The molecule has 2 amide bonds. The lowest BCUT2D eigenvalue weighted by atomic mass is 10.1. The van der Waals surface area contributed by atoms with E-state index in [-0.39, 0.29) is 10.8 Å². The van der Waals surface area contributed by atoms with Crippen molar-refractivity contribution in [3.05, 3.63) is 83.5 Å². The van der Waals surface area contributed by atoms with E-state index in [2.05, 4.69) is 10.6 Å². The first-order chi connectivity index (χ1) is 13.0. The maximum Gasteiger partial charge on any atom is 0.319 e. The van der Waals surface area contributed by atoms with E-state index in [4.69, 9.17) is 0 Å². The van der Waals surface area contributed by atoms with E-state index >= 15 is 0 Å². The molecule has 0 saturated heterocycles.